The normalized spacial score (nSPS) is 29.1. The zero-order valence-corrected chi connectivity index (χ0v) is 19.5. The van der Waals surface area contributed by atoms with Gasteiger partial charge in [0.25, 0.3) is 0 Å². The Morgan fingerprint density at radius 1 is 1.25 bits per heavy atom. The van der Waals surface area contributed by atoms with E-state index in [2.05, 4.69) is 46.1 Å². The Morgan fingerprint density at radius 3 is 2.72 bits per heavy atom. The number of halogens is 1. The van der Waals surface area contributed by atoms with Crippen molar-refractivity contribution in [3.8, 4) is 17.2 Å². The maximum Gasteiger partial charge on any atom is 0.309 e. The highest BCUT2D eigenvalue weighted by molar-refractivity contribution is 9.09. The fourth-order valence-corrected chi connectivity index (χ4v) is 6.02. The molecule has 0 amide bonds. The van der Waals surface area contributed by atoms with Crippen LogP contribution in [0.5, 0.6) is 0 Å². The maximum atomic E-state index is 12.4. The van der Waals surface area contributed by atoms with Gasteiger partial charge in [0.1, 0.15) is 6.10 Å². The van der Waals surface area contributed by atoms with Crippen molar-refractivity contribution in [3.05, 3.63) is 59.9 Å². The molecule has 1 aliphatic heterocycles. The van der Waals surface area contributed by atoms with E-state index in [0.29, 0.717) is 17.4 Å². The van der Waals surface area contributed by atoms with Crippen molar-refractivity contribution in [1.29, 1.82) is 5.26 Å². The molecule has 6 atom stereocenters. The van der Waals surface area contributed by atoms with Crippen LogP contribution in [-0.4, -0.2) is 22.4 Å². The highest BCUT2D eigenvalue weighted by atomic mass is 79.9. The van der Waals surface area contributed by atoms with Gasteiger partial charge in [0.2, 0.25) is 0 Å². The van der Waals surface area contributed by atoms with Crippen LogP contribution in [-0.2, 0) is 9.53 Å². The second kappa shape index (κ2) is 10.4. The third-order valence-corrected chi connectivity index (χ3v) is 7.44. The Balaban J connectivity index is 0.00000289. The fraction of sp³-hybridized carbons (Fsp3) is 0.444. The summed E-state index contributed by atoms with van der Waals surface area (Å²) in [6, 6.07) is 13.8. The molecule has 2 aromatic rings. The van der Waals surface area contributed by atoms with Gasteiger partial charge in [-0.3, -0.25) is 9.78 Å². The molecule has 2 fully saturated rings. The zero-order chi connectivity index (χ0) is 22.0. The van der Waals surface area contributed by atoms with E-state index in [4.69, 9.17) is 4.74 Å². The molecular weight excluding hydrogens is 464 g/mol. The molecule has 1 saturated carbocycles. The lowest BCUT2D eigenvalue weighted by Crippen LogP contribution is -2.40. The molecule has 4 nitrogen and oxygen atoms in total. The van der Waals surface area contributed by atoms with Crippen LogP contribution < -0.4 is 0 Å². The summed E-state index contributed by atoms with van der Waals surface area (Å²) in [6.07, 6.45) is 8.11. The lowest BCUT2D eigenvalue weighted by atomic mass is 9.61. The minimum atomic E-state index is -0.0460. The summed E-state index contributed by atoms with van der Waals surface area (Å²) in [4.78, 5) is 17.0. The van der Waals surface area contributed by atoms with Gasteiger partial charge < -0.3 is 4.74 Å². The van der Waals surface area contributed by atoms with E-state index < -0.39 is 0 Å². The first-order valence-electron chi connectivity index (χ1n) is 10.9. The standard InChI is InChI=1S/C26H27BrN2O2.CH4/c1-16-13-24-25(17(2)31-26(24)30)23(21(16)11-12-27)10-9-20-8-7-19(15-29-20)22-6-4-3-5-18(22)14-28;/h3-10,15-17,21,23-25H,11-13H2,1-2H3;1H4/b10-9+;. The minimum Gasteiger partial charge on any atom is -0.462 e. The predicted molar refractivity (Wildman–Crippen MR) is 132 cm³/mol. The van der Waals surface area contributed by atoms with Gasteiger partial charge in [-0.15, -0.1) is 0 Å². The number of benzene rings is 1. The molecule has 168 valence electrons. The second-order valence-electron chi connectivity index (χ2n) is 8.75. The van der Waals surface area contributed by atoms with Crippen molar-refractivity contribution in [2.45, 2.75) is 40.2 Å². The van der Waals surface area contributed by atoms with Crippen molar-refractivity contribution in [3.63, 3.8) is 0 Å². The number of ether oxygens (including phenoxy) is 1. The Morgan fingerprint density at radius 2 is 2.03 bits per heavy atom. The number of pyridine rings is 1. The number of cyclic esters (lactones) is 1. The maximum absolute atomic E-state index is 12.4. The molecule has 5 heteroatoms. The van der Waals surface area contributed by atoms with Crippen LogP contribution in [0.1, 0.15) is 45.4 Å². The number of carbonyl (C=O) groups is 1. The zero-order valence-electron chi connectivity index (χ0n) is 17.9. The molecular formula is C27H31BrN2O2. The highest BCUT2D eigenvalue weighted by Crippen LogP contribution is 2.50. The fourth-order valence-electron chi connectivity index (χ4n) is 5.49. The summed E-state index contributed by atoms with van der Waals surface area (Å²) < 4.78 is 5.63. The van der Waals surface area contributed by atoms with Crippen molar-refractivity contribution in [2.75, 3.05) is 5.33 Å². The van der Waals surface area contributed by atoms with Crippen LogP contribution in [0.3, 0.4) is 0 Å². The number of fused-ring (bicyclic) bond motifs is 1. The SMILES string of the molecule is C.CC1CC2C(=O)OC(C)C2C(/C=C/c2ccc(-c3ccccc3C#N)cn2)C1CCBr. The largest absolute Gasteiger partial charge is 0.462 e. The van der Waals surface area contributed by atoms with Crippen molar-refractivity contribution in [1.82, 2.24) is 4.98 Å². The van der Waals surface area contributed by atoms with Crippen LogP contribution in [0.15, 0.2) is 48.7 Å². The summed E-state index contributed by atoms with van der Waals surface area (Å²) in [5, 5.41) is 10.3. The van der Waals surface area contributed by atoms with Gasteiger partial charge in [-0.2, -0.15) is 5.26 Å². The summed E-state index contributed by atoms with van der Waals surface area (Å²) >= 11 is 3.62. The van der Waals surface area contributed by atoms with E-state index in [1.807, 2.05) is 49.5 Å². The molecule has 0 radical (unpaired) electrons. The first-order chi connectivity index (χ1) is 15.0. The monoisotopic (exact) mass is 494 g/mol. The molecule has 1 saturated heterocycles. The molecule has 1 aliphatic carbocycles. The molecule has 4 rings (SSSR count). The number of hydrogen-bond donors (Lipinski definition) is 0. The van der Waals surface area contributed by atoms with Gasteiger partial charge in [0, 0.05) is 28.6 Å². The number of esters is 1. The third-order valence-electron chi connectivity index (χ3n) is 6.98. The van der Waals surface area contributed by atoms with Gasteiger partial charge >= 0.3 is 5.97 Å². The van der Waals surface area contributed by atoms with Gasteiger partial charge in [-0.25, -0.2) is 0 Å². The van der Waals surface area contributed by atoms with Crippen molar-refractivity contribution in [2.24, 2.45) is 29.6 Å². The number of carbonyl (C=O) groups excluding carboxylic acids is 1. The first-order valence-corrected chi connectivity index (χ1v) is 12.1. The molecule has 2 heterocycles. The van der Waals surface area contributed by atoms with Crippen LogP contribution in [0.2, 0.25) is 0 Å². The summed E-state index contributed by atoms with van der Waals surface area (Å²) in [6.45, 7) is 4.30. The number of aromatic nitrogens is 1. The lowest BCUT2D eigenvalue weighted by molar-refractivity contribution is -0.144. The number of nitrogens with zero attached hydrogens (tertiary/aromatic N) is 2. The third kappa shape index (κ3) is 4.66. The van der Waals surface area contributed by atoms with Crippen LogP contribution >= 0.6 is 15.9 Å². The number of alkyl halides is 1. The molecule has 2 aliphatic rings. The van der Waals surface area contributed by atoms with Crippen molar-refractivity contribution >= 4 is 28.0 Å². The number of rotatable bonds is 5. The minimum absolute atomic E-state index is 0. The topological polar surface area (TPSA) is 63.0 Å². The van der Waals surface area contributed by atoms with Gasteiger partial charge in [0.15, 0.2) is 0 Å². The van der Waals surface area contributed by atoms with Crippen LogP contribution in [0, 0.1) is 40.9 Å². The van der Waals surface area contributed by atoms with E-state index in [1.165, 1.54) is 0 Å². The lowest BCUT2D eigenvalue weighted by Gasteiger charge is -2.42. The molecule has 0 bridgehead atoms. The summed E-state index contributed by atoms with van der Waals surface area (Å²) in [7, 11) is 0. The average Bonchev–Trinajstić information content (AvgIpc) is 3.07. The van der Waals surface area contributed by atoms with Crippen LogP contribution in [0.4, 0.5) is 0 Å². The molecule has 1 aromatic carbocycles. The second-order valence-corrected chi connectivity index (χ2v) is 9.54. The molecule has 0 N–H and O–H groups in total. The molecule has 32 heavy (non-hydrogen) atoms. The Bertz CT molecular complexity index is 1010. The van der Waals surface area contributed by atoms with E-state index in [1.54, 1.807) is 0 Å². The van der Waals surface area contributed by atoms with E-state index in [0.717, 1.165) is 35.0 Å². The molecule has 6 unspecified atom stereocenters. The molecule has 0 spiro atoms. The number of allylic oxidation sites excluding steroid dienone is 1. The summed E-state index contributed by atoms with van der Waals surface area (Å²) in [5.74, 6) is 1.47. The number of nitriles is 1. The Kier molecular flexibility index (Phi) is 7.90. The number of hydrogen-bond acceptors (Lipinski definition) is 4. The highest BCUT2D eigenvalue weighted by Gasteiger charge is 2.52. The smallest absolute Gasteiger partial charge is 0.309 e. The predicted octanol–water partition coefficient (Wildman–Crippen LogP) is 6.50. The Hall–Kier alpha value is -2.45. The van der Waals surface area contributed by atoms with Crippen molar-refractivity contribution < 1.29 is 9.53 Å². The van der Waals surface area contributed by atoms with Crippen LogP contribution in [0.25, 0.3) is 17.2 Å². The van der Waals surface area contributed by atoms with E-state index in [9.17, 15) is 10.1 Å². The summed E-state index contributed by atoms with van der Waals surface area (Å²) in [5.41, 5.74) is 3.35. The quantitative estimate of drug-likeness (QED) is 0.351. The van der Waals surface area contributed by atoms with E-state index >= 15 is 0 Å². The van der Waals surface area contributed by atoms with Gasteiger partial charge in [0.05, 0.1) is 23.2 Å². The average molecular weight is 495 g/mol. The Labute approximate surface area is 199 Å². The van der Waals surface area contributed by atoms with E-state index in [-0.39, 0.29) is 37.3 Å². The molecule has 1 aromatic heterocycles. The van der Waals surface area contributed by atoms with Gasteiger partial charge in [-0.1, -0.05) is 60.6 Å². The first kappa shape index (κ1) is 24.2. The van der Waals surface area contributed by atoms with Gasteiger partial charge in [-0.05, 0) is 55.7 Å².